The predicted octanol–water partition coefficient (Wildman–Crippen LogP) is 2.25. The van der Waals surface area contributed by atoms with Gasteiger partial charge in [-0.15, -0.1) is 0 Å². The molecule has 0 aromatic carbocycles. The molecule has 0 unspecified atom stereocenters. The normalized spacial score (nSPS) is 16.7. The highest BCUT2D eigenvalue weighted by atomic mass is 35.5. The van der Waals surface area contributed by atoms with E-state index in [0.29, 0.717) is 73.2 Å². The highest BCUT2D eigenvalue weighted by molar-refractivity contribution is 6.30. The standard InChI is InChI=1S/C24H40N8O4.C16H20Cl2N6.C4H11NO2/c33-15-11-31(12-16-34)23-26-20-19(21(27-23)29-7-3-1-4-8-29)25-24(32(13-17-35)14-18-36)28-22(20)30-9-5-2-6-10-30;17-15-20-12-11(13(21-15)23-7-3-1-4-8-23)19-16(18)22-14(12)24-9-5-2-6-10-24;6-3-1-5-2-4-7/h33-36H,1-18H2;1-10H2;5-7H,1-4H2. The van der Waals surface area contributed by atoms with Gasteiger partial charge in [-0.05, 0) is 100 Å². The number of nitrogens with one attached hydrogen (secondary N) is 1. The van der Waals surface area contributed by atoms with Gasteiger partial charge in [0.2, 0.25) is 22.5 Å². The zero-order valence-corrected chi connectivity index (χ0v) is 40.3. The van der Waals surface area contributed by atoms with Crippen LogP contribution in [0.5, 0.6) is 0 Å². The number of aliphatic hydroxyl groups excluding tert-OH is 6. The van der Waals surface area contributed by atoms with E-state index in [4.69, 9.17) is 53.4 Å². The fraction of sp³-hybridized carbons (Fsp3) is 0.727. The zero-order valence-electron chi connectivity index (χ0n) is 38.8. The number of piperidine rings is 4. The Balaban J connectivity index is 0.000000204. The third-order valence-electron chi connectivity index (χ3n) is 12.2. The molecule has 4 saturated heterocycles. The molecule has 8 rings (SSSR count). The second kappa shape index (κ2) is 27.8. The predicted molar refractivity (Wildman–Crippen MR) is 264 cm³/mol. The second-order valence-corrected chi connectivity index (χ2v) is 17.7. The van der Waals surface area contributed by atoms with Crippen molar-refractivity contribution < 1.29 is 30.6 Å². The molecule has 8 heterocycles. The monoisotopic (exact) mass is 976 g/mol. The Hall–Kier alpha value is -4.06. The molecule has 372 valence electrons. The molecule has 4 aromatic heterocycles. The van der Waals surface area contributed by atoms with Crippen molar-refractivity contribution in [3.63, 3.8) is 0 Å². The van der Waals surface area contributed by atoms with Gasteiger partial charge in [0.1, 0.15) is 22.1 Å². The van der Waals surface area contributed by atoms with Gasteiger partial charge in [-0.2, -0.15) is 19.9 Å². The molecule has 4 aliphatic heterocycles. The Bertz CT molecular complexity index is 1940. The maximum Gasteiger partial charge on any atom is 0.228 e. The molecule has 67 heavy (non-hydrogen) atoms. The SMILES string of the molecule is Clc1nc(N2CCCCC2)c2nc(Cl)nc(N3CCCCC3)c2n1.OCCN(CCO)c1nc(N2CCCCC2)c2nc(N(CCO)CCO)nc(N3CCCCC3)c2n1.OCCNCCO. The molecule has 0 amide bonds. The molecule has 0 radical (unpaired) electrons. The van der Waals surface area contributed by atoms with Crippen molar-refractivity contribution in [3.8, 4) is 0 Å². The maximum absolute atomic E-state index is 9.64. The van der Waals surface area contributed by atoms with Gasteiger partial charge in [-0.1, -0.05) is 0 Å². The maximum atomic E-state index is 9.64. The van der Waals surface area contributed by atoms with Crippen LogP contribution < -0.4 is 34.7 Å². The van der Waals surface area contributed by atoms with E-state index in [1.165, 1.54) is 25.7 Å². The molecule has 4 aliphatic rings. The summed E-state index contributed by atoms with van der Waals surface area (Å²) in [5.41, 5.74) is 2.73. The third kappa shape index (κ3) is 14.5. The Morgan fingerprint density at radius 3 is 0.896 bits per heavy atom. The molecular formula is C44H71Cl2N15O6. The van der Waals surface area contributed by atoms with Crippen LogP contribution in [0.3, 0.4) is 0 Å². The first-order valence-corrected chi connectivity index (χ1v) is 25.0. The fourth-order valence-corrected chi connectivity index (χ4v) is 9.20. The topological polar surface area (TPSA) is 256 Å². The summed E-state index contributed by atoms with van der Waals surface area (Å²) in [5.74, 6) is 3.92. The molecular weight excluding hydrogens is 905 g/mol. The number of aromatic nitrogens is 8. The fourth-order valence-electron chi connectivity index (χ4n) is 8.87. The summed E-state index contributed by atoms with van der Waals surface area (Å²) in [6, 6.07) is 0. The van der Waals surface area contributed by atoms with Crippen molar-refractivity contribution in [1.29, 1.82) is 0 Å². The van der Waals surface area contributed by atoms with Crippen LogP contribution in [0.4, 0.5) is 35.2 Å². The van der Waals surface area contributed by atoms with Crippen LogP contribution in [0.15, 0.2) is 0 Å². The average Bonchev–Trinajstić information content (AvgIpc) is 3.37. The number of aliphatic hydroxyl groups is 6. The van der Waals surface area contributed by atoms with Crippen molar-refractivity contribution in [2.75, 3.05) is 161 Å². The minimum Gasteiger partial charge on any atom is -0.395 e. The Kier molecular flexibility index (Phi) is 21.7. The van der Waals surface area contributed by atoms with Crippen molar-refractivity contribution in [3.05, 3.63) is 10.6 Å². The number of rotatable bonds is 18. The van der Waals surface area contributed by atoms with Gasteiger partial charge in [-0.25, -0.2) is 19.9 Å². The number of hydrogen-bond donors (Lipinski definition) is 7. The Morgan fingerprint density at radius 1 is 0.358 bits per heavy atom. The van der Waals surface area contributed by atoms with Gasteiger partial charge in [0.25, 0.3) is 0 Å². The Labute approximate surface area is 403 Å². The van der Waals surface area contributed by atoms with E-state index in [-0.39, 0.29) is 50.2 Å². The summed E-state index contributed by atoms with van der Waals surface area (Å²) in [6.07, 6.45) is 13.7. The summed E-state index contributed by atoms with van der Waals surface area (Å²) < 4.78 is 0. The molecule has 0 saturated carbocycles. The Morgan fingerprint density at radius 2 is 0.627 bits per heavy atom. The van der Waals surface area contributed by atoms with Gasteiger partial charge in [0.15, 0.2) is 23.3 Å². The van der Waals surface area contributed by atoms with Gasteiger partial charge >= 0.3 is 0 Å². The van der Waals surface area contributed by atoms with Crippen molar-refractivity contribution in [2.24, 2.45) is 0 Å². The first kappa shape index (κ1) is 52.3. The van der Waals surface area contributed by atoms with E-state index in [1.807, 2.05) is 0 Å². The van der Waals surface area contributed by atoms with E-state index in [1.54, 1.807) is 9.80 Å². The molecule has 7 N–H and O–H groups in total. The van der Waals surface area contributed by atoms with E-state index in [0.717, 1.165) is 127 Å². The largest absolute Gasteiger partial charge is 0.395 e. The number of hydrogen-bond acceptors (Lipinski definition) is 21. The van der Waals surface area contributed by atoms with Crippen LogP contribution in [0.1, 0.15) is 77.0 Å². The highest BCUT2D eigenvalue weighted by Crippen LogP contribution is 2.36. The summed E-state index contributed by atoms with van der Waals surface area (Å²) in [6.45, 7) is 9.64. The second-order valence-electron chi connectivity index (χ2n) is 17.0. The number of nitrogens with zero attached hydrogens (tertiary/aromatic N) is 14. The lowest BCUT2D eigenvalue weighted by atomic mass is 10.1. The third-order valence-corrected chi connectivity index (χ3v) is 12.5. The highest BCUT2D eigenvalue weighted by Gasteiger charge is 2.28. The number of fused-ring (bicyclic) bond motifs is 2. The van der Waals surface area contributed by atoms with Crippen LogP contribution in [0.2, 0.25) is 10.6 Å². The average molecular weight is 977 g/mol. The van der Waals surface area contributed by atoms with Crippen LogP contribution >= 0.6 is 23.2 Å². The number of halogens is 2. The smallest absolute Gasteiger partial charge is 0.228 e. The molecule has 21 nitrogen and oxygen atoms in total. The van der Waals surface area contributed by atoms with Gasteiger partial charge in [0.05, 0.1) is 39.6 Å². The van der Waals surface area contributed by atoms with Crippen LogP contribution in [-0.4, -0.2) is 202 Å². The van der Waals surface area contributed by atoms with Crippen LogP contribution in [0.25, 0.3) is 22.1 Å². The molecule has 0 bridgehead atoms. The molecule has 4 aromatic rings. The van der Waals surface area contributed by atoms with E-state index in [2.05, 4.69) is 44.9 Å². The lowest BCUT2D eigenvalue weighted by Crippen LogP contribution is -2.36. The molecule has 0 aliphatic carbocycles. The van der Waals surface area contributed by atoms with E-state index < -0.39 is 0 Å². The number of anilines is 6. The summed E-state index contributed by atoms with van der Waals surface area (Å²) >= 11 is 12.5. The van der Waals surface area contributed by atoms with E-state index in [9.17, 15) is 20.4 Å². The summed E-state index contributed by atoms with van der Waals surface area (Å²) in [4.78, 5) is 50.1. The lowest BCUT2D eigenvalue weighted by molar-refractivity contribution is 0.266. The molecule has 4 fully saturated rings. The summed E-state index contributed by atoms with van der Waals surface area (Å²) in [7, 11) is 0. The zero-order chi connectivity index (χ0) is 47.4. The first-order chi connectivity index (χ1) is 32.8. The molecule has 23 heteroatoms. The minimum atomic E-state index is -0.0772. The molecule has 0 spiro atoms. The van der Waals surface area contributed by atoms with Gasteiger partial charge in [0, 0.05) is 91.6 Å². The van der Waals surface area contributed by atoms with Gasteiger partial charge in [-0.3, -0.25) is 0 Å². The van der Waals surface area contributed by atoms with Crippen LogP contribution in [-0.2, 0) is 0 Å². The van der Waals surface area contributed by atoms with Crippen molar-refractivity contribution in [2.45, 2.75) is 77.0 Å². The van der Waals surface area contributed by atoms with Gasteiger partial charge < -0.3 is 65.4 Å². The van der Waals surface area contributed by atoms with Crippen LogP contribution in [0, 0.1) is 0 Å². The minimum absolute atomic E-state index is 0.0772. The quantitative estimate of drug-likeness (QED) is 0.0558. The lowest BCUT2D eigenvalue weighted by Gasteiger charge is -2.33. The summed E-state index contributed by atoms with van der Waals surface area (Å²) in [5, 5.41) is 58.1. The first-order valence-electron chi connectivity index (χ1n) is 24.2. The van der Waals surface area contributed by atoms with E-state index >= 15 is 0 Å². The molecule has 0 atom stereocenters. The van der Waals surface area contributed by atoms with Crippen molar-refractivity contribution >= 4 is 80.4 Å². The van der Waals surface area contributed by atoms with Crippen molar-refractivity contribution in [1.82, 2.24) is 45.2 Å².